The maximum Gasteiger partial charge on any atom is 0.257 e. The second kappa shape index (κ2) is 8.08. The van der Waals surface area contributed by atoms with Crippen molar-refractivity contribution >= 4 is 39.7 Å². The Balaban J connectivity index is 1.45. The summed E-state index contributed by atoms with van der Waals surface area (Å²) in [6.07, 6.45) is 0. The highest BCUT2D eigenvalue weighted by Gasteiger charge is 2.15. The monoisotopic (exact) mass is 399 g/mol. The number of amides is 1. The van der Waals surface area contributed by atoms with Crippen LogP contribution in [0.15, 0.2) is 53.9 Å². The van der Waals surface area contributed by atoms with E-state index in [1.54, 1.807) is 35.6 Å². The summed E-state index contributed by atoms with van der Waals surface area (Å²) in [6, 6.07) is 14.7. The van der Waals surface area contributed by atoms with Gasteiger partial charge in [0.05, 0.1) is 29.5 Å². The maximum atomic E-state index is 12.3. The van der Waals surface area contributed by atoms with Crippen LogP contribution in [0.3, 0.4) is 0 Å². The molecule has 3 aromatic rings. The summed E-state index contributed by atoms with van der Waals surface area (Å²) in [7, 11) is 0. The van der Waals surface area contributed by atoms with Gasteiger partial charge >= 0.3 is 0 Å². The van der Waals surface area contributed by atoms with Crippen LogP contribution >= 0.6 is 22.9 Å². The van der Waals surface area contributed by atoms with Crippen molar-refractivity contribution in [1.29, 1.82) is 0 Å². The average molecular weight is 400 g/mol. The van der Waals surface area contributed by atoms with Gasteiger partial charge in [0.15, 0.2) is 5.13 Å². The lowest BCUT2D eigenvalue weighted by atomic mass is 10.1. The number of thiazole rings is 1. The average Bonchev–Trinajstić information content (AvgIpc) is 3.20. The molecule has 0 spiro atoms. The zero-order chi connectivity index (χ0) is 18.6. The molecule has 2 heterocycles. The number of carbonyl (C=O) groups excluding carboxylic acids is 1. The smallest absolute Gasteiger partial charge is 0.257 e. The predicted molar refractivity (Wildman–Crippen MR) is 110 cm³/mol. The van der Waals surface area contributed by atoms with Gasteiger partial charge in [-0.1, -0.05) is 35.9 Å². The number of morpholine rings is 1. The lowest BCUT2D eigenvalue weighted by Crippen LogP contribution is -2.36. The highest BCUT2D eigenvalue weighted by atomic mass is 35.5. The second-order valence-corrected chi connectivity index (χ2v) is 7.37. The highest BCUT2D eigenvalue weighted by molar-refractivity contribution is 7.14. The molecule has 0 aliphatic carbocycles. The summed E-state index contributed by atoms with van der Waals surface area (Å²) < 4.78 is 5.39. The van der Waals surface area contributed by atoms with Gasteiger partial charge in [-0.3, -0.25) is 4.79 Å². The zero-order valence-electron chi connectivity index (χ0n) is 14.5. The molecular weight excluding hydrogens is 382 g/mol. The van der Waals surface area contributed by atoms with E-state index in [9.17, 15) is 4.79 Å². The summed E-state index contributed by atoms with van der Waals surface area (Å²) in [5, 5.41) is 6.38. The summed E-state index contributed by atoms with van der Waals surface area (Å²) >= 11 is 7.72. The number of hydrogen-bond donors (Lipinski definition) is 1. The van der Waals surface area contributed by atoms with Gasteiger partial charge < -0.3 is 15.0 Å². The molecule has 1 saturated heterocycles. The van der Waals surface area contributed by atoms with E-state index in [0.717, 1.165) is 42.7 Å². The van der Waals surface area contributed by atoms with Crippen LogP contribution in [0.25, 0.3) is 11.3 Å². The van der Waals surface area contributed by atoms with E-state index in [1.807, 2.05) is 24.3 Å². The molecule has 1 aliphatic heterocycles. The summed E-state index contributed by atoms with van der Waals surface area (Å²) in [5.74, 6) is -0.225. The van der Waals surface area contributed by atoms with Gasteiger partial charge in [-0.25, -0.2) is 4.98 Å². The number of halogens is 1. The van der Waals surface area contributed by atoms with Crippen molar-refractivity contribution in [2.24, 2.45) is 0 Å². The standard InChI is InChI=1S/C20H18ClN3O2S/c21-17-4-2-1-3-16(17)19(25)22-15-7-5-14(6-8-15)18-13-27-20(23-18)24-9-11-26-12-10-24/h1-8,13H,9-12H2,(H,22,25). The lowest BCUT2D eigenvalue weighted by molar-refractivity contribution is 0.102. The van der Waals surface area contributed by atoms with Crippen LogP contribution in [-0.4, -0.2) is 37.2 Å². The molecule has 2 aromatic carbocycles. The molecule has 1 aliphatic rings. The Bertz CT molecular complexity index is 936. The van der Waals surface area contributed by atoms with Gasteiger partial charge in [-0.2, -0.15) is 0 Å². The fraction of sp³-hybridized carbons (Fsp3) is 0.200. The van der Waals surface area contributed by atoms with E-state index >= 15 is 0 Å². The molecule has 27 heavy (non-hydrogen) atoms. The molecule has 1 amide bonds. The lowest BCUT2D eigenvalue weighted by Gasteiger charge is -2.26. The molecule has 0 unspecified atom stereocenters. The van der Waals surface area contributed by atoms with Crippen LogP contribution in [-0.2, 0) is 4.74 Å². The first-order valence-corrected chi connectivity index (χ1v) is 9.91. The molecule has 7 heteroatoms. The third-order valence-electron chi connectivity index (χ3n) is 4.33. The highest BCUT2D eigenvalue weighted by Crippen LogP contribution is 2.29. The van der Waals surface area contributed by atoms with Gasteiger partial charge in [0, 0.05) is 29.7 Å². The maximum absolute atomic E-state index is 12.3. The molecule has 1 N–H and O–H groups in total. The number of ether oxygens (including phenoxy) is 1. The van der Waals surface area contributed by atoms with Crippen LogP contribution in [0, 0.1) is 0 Å². The number of nitrogens with one attached hydrogen (secondary N) is 1. The quantitative estimate of drug-likeness (QED) is 0.699. The largest absolute Gasteiger partial charge is 0.378 e. The Morgan fingerprint density at radius 2 is 1.85 bits per heavy atom. The summed E-state index contributed by atoms with van der Waals surface area (Å²) in [5.41, 5.74) is 3.12. The molecule has 1 aromatic heterocycles. The minimum absolute atomic E-state index is 0.225. The van der Waals surface area contributed by atoms with Crippen molar-refractivity contribution in [3.05, 3.63) is 64.5 Å². The molecular formula is C20H18ClN3O2S. The number of aromatic nitrogens is 1. The normalized spacial score (nSPS) is 14.2. The van der Waals surface area contributed by atoms with Gasteiger partial charge in [-0.05, 0) is 24.3 Å². The Hall–Kier alpha value is -2.41. The van der Waals surface area contributed by atoms with E-state index in [4.69, 9.17) is 21.3 Å². The van der Waals surface area contributed by atoms with Crippen LogP contribution in [0.5, 0.6) is 0 Å². The minimum Gasteiger partial charge on any atom is -0.378 e. The molecule has 0 radical (unpaired) electrons. The molecule has 0 saturated carbocycles. The topological polar surface area (TPSA) is 54.5 Å². The molecule has 0 atom stereocenters. The SMILES string of the molecule is O=C(Nc1ccc(-c2csc(N3CCOCC3)n2)cc1)c1ccccc1Cl. The van der Waals surface area contributed by atoms with E-state index in [0.29, 0.717) is 16.3 Å². The number of carbonyl (C=O) groups is 1. The second-order valence-electron chi connectivity index (χ2n) is 6.13. The first kappa shape index (κ1) is 18.0. The van der Waals surface area contributed by atoms with Crippen molar-refractivity contribution in [2.75, 3.05) is 36.5 Å². The van der Waals surface area contributed by atoms with E-state index < -0.39 is 0 Å². The number of rotatable bonds is 4. The molecule has 4 rings (SSSR count). The predicted octanol–water partition coefficient (Wildman–Crippen LogP) is 4.55. The van der Waals surface area contributed by atoms with E-state index in [-0.39, 0.29) is 5.91 Å². The first-order valence-electron chi connectivity index (χ1n) is 8.65. The van der Waals surface area contributed by atoms with Crippen LogP contribution < -0.4 is 10.2 Å². The molecule has 138 valence electrons. The Kier molecular flexibility index (Phi) is 5.38. The Labute approximate surface area is 166 Å². The van der Waals surface area contributed by atoms with E-state index in [1.165, 1.54) is 0 Å². The van der Waals surface area contributed by atoms with Gasteiger partial charge in [-0.15, -0.1) is 11.3 Å². The third kappa shape index (κ3) is 4.13. The van der Waals surface area contributed by atoms with Crippen molar-refractivity contribution in [3.8, 4) is 11.3 Å². The number of nitrogens with zero attached hydrogens (tertiary/aromatic N) is 2. The minimum atomic E-state index is -0.225. The fourth-order valence-corrected chi connectivity index (χ4v) is 3.97. The first-order chi connectivity index (χ1) is 13.2. The zero-order valence-corrected chi connectivity index (χ0v) is 16.1. The van der Waals surface area contributed by atoms with Crippen LogP contribution in [0.2, 0.25) is 5.02 Å². The van der Waals surface area contributed by atoms with Crippen molar-refractivity contribution < 1.29 is 9.53 Å². The van der Waals surface area contributed by atoms with Crippen molar-refractivity contribution in [2.45, 2.75) is 0 Å². The van der Waals surface area contributed by atoms with Crippen molar-refractivity contribution in [1.82, 2.24) is 4.98 Å². The number of anilines is 2. The van der Waals surface area contributed by atoms with E-state index in [2.05, 4.69) is 15.6 Å². The van der Waals surface area contributed by atoms with Crippen LogP contribution in [0.1, 0.15) is 10.4 Å². The number of benzene rings is 2. The Morgan fingerprint density at radius 3 is 2.59 bits per heavy atom. The Morgan fingerprint density at radius 1 is 1.11 bits per heavy atom. The van der Waals surface area contributed by atoms with Gasteiger partial charge in [0.25, 0.3) is 5.91 Å². The molecule has 0 bridgehead atoms. The molecule has 1 fully saturated rings. The summed E-state index contributed by atoms with van der Waals surface area (Å²) in [4.78, 5) is 19.3. The van der Waals surface area contributed by atoms with Crippen LogP contribution in [0.4, 0.5) is 10.8 Å². The molecule has 5 nitrogen and oxygen atoms in total. The van der Waals surface area contributed by atoms with Crippen molar-refractivity contribution in [3.63, 3.8) is 0 Å². The fourth-order valence-electron chi connectivity index (χ4n) is 2.86. The van der Waals surface area contributed by atoms with Gasteiger partial charge in [0.2, 0.25) is 0 Å². The number of hydrogen-bond acceptors (Lipinski definition) is 5. The van der Waals surface area contributed by atoms with Gasteiger partial charge in [0.1, 0.15) is 0 Å². The summed E-state index contributed by atoms with van der Waals surface area (Å²) in [6.45, 7) is 3.24. The third-order valence-corrected chi connectivity index (χ3v) is 5.56.